The number of hydrogen-bond donors (Lipinski definition) is 1. The van der Waals surface area contributed by atoms with Crippen LogP contribution in [-0.2, 0) is 23.4 Å². The second kappa shape index (κ2) is 6.19. The van der Waals surface area contributed by atoms with E-state index in [9.17, 15) is 14.0 Å². The van der Waals surface area contributed by atoms with Gasteiger partial charge in [0.15, 0.2) is 0 Å². The molecule has 2 heterocycles. The SMILES string of the molecule is CCn1c(CN2C(=O)NC(C)(c3ccccc3)C2=O)nc2cc(F)ccc21. The molecule has 1 N–H and O–H groups in total. The molecule has 4 rings (SSSR count). The summed E-state index contributed by atoms with van der Waals surface area (Å²) in [4.78, 5) is 31.2. The van der Waals surface area contributed by atoms with Gasteiger partial charge in [0.05, 0.1) is 17.6 Å². The molecule has 0 bridgehead atoms. The number of carbonyl (C=O) groups excluding carboxylic acids is 2. The van der Waals surface area contributed by atoms with E-state index in [4.69, 9.17) is 0 Å². The molecule has 1 saturated heterocycles. The van der Waals surface area contributed by atoms with Crippen LogP contribution in [0.2, 0.25) is 0 Å². The quantitative estimate of drug-likeness (QED) is 0.721. The van der Waals surface area contributed by atoms with E-state index in [1.54, 1.807) is 13.0 Å². The van der Waals surface area contributed by atoms with Crippen molar-refractivity contribution in [1.29, 1.82) is 0 Å². The van der Waals surface area contributed by atoms with Gasteiger partial charge in [-0.05, 0) is 31.5 Å². The molecule has 1 aliphatic rings. The molecule has 2 aromatic carbocycles. The van der Waals surface area contributed by atoms with Crippen LogP contribution in [0.15, 0.2) is 48.5 Å². The van der Waals surface area contributed by atoms with E-state index in [1.807, 2.05) is 41.8 Å². The molecule has 1 aliphatic heterocycles. The van der Waals surface area contributed by atoms with E-state index in [2.05, 4.69) is 10.3 Å². The molecule has 0 saturated carbocycles. The summed E-state index contributed by atoms with van der Waals surface area (Å²) in [5.74, 6) is -0.167. The van der Waals surface area contributed by atoms with Gasteiger partial charge < -0.3 is 9.88 Å². The average Bonchev–Trinajstić information content (AvgIpc) is 3.11. The zero-order valence-corrected chi connectivity index (χ0v) is 15.1. The fourth-order valence-electron chi connectivity index (χ4n) is 3.58. The summed E-state index contributed by atoms with van der Waals surface area (Å²) < 4.78 is 15.4. The van der Waals surface area contributed by atoms with E-state index in [0.29, 0.717) is 17.9 Å². The van der Waals surface area contributed by atoms with E-state index < -0.39 is 11.6 Å². The number of aromatic nitrogens is 2. The zero-order chi connectivity index (χ0) is 19.2. The highest BCUT2D eigenvalue weighted by Gasteiger charge is 2.49. The van der Waals surface area contributed by atoms with Crippen molar-refractivity contribution in [3.8, 4) is 0 Å². The molecular weight excluding hydrogens is 347 g/mol. The van der Waals surface area contributed by atoms with Gasteiger partial charge in [-0.25, -0.2) is 14.2 Å². The Bertz CT molecular complexity index is 1050. The third kappa shape index (κ3) is 2.66. The molecule has 7 heteroatoms. The molecule has 3 amide bonds. The van der Waals surface area contributed by atoms with E-state index >= 15 is 0 Å². The smallest absolute Gasteiger partial charge is 0.325 e. The molecule has 1 atom stereocenters. The lowest BCUT2D eigenvalue weighted by Crippen LogP contribution is -2.40. The lowest BCUT2D eigenvalue weighted by atomic mass is 9.92. The number of halogens is 1. The number of hydrogen-bond acceptors (Lipinski definition) is 3. The van der Waals surface area contributed by atoms with Gasteiger partial charge in [-0.3, -0.25) is 9.69 Å². The first kappa shape index (κ1) is 17.2. The normalized spacial score (nSPS) is 19.7. The van der Waals surface area contributed by atoms with Crippen molar-refractivity contribution in [2.75, 3.05) is 0 Å². The maximum absolute atomic E-state index is 13.5. The lowest BCUT2D eigenvalue weighted by molar-refractivity contribution is -0.131. The number of benzene rings is 2. The lowest BCUT2D eigenvalue weighted by Gasteiger charge is -2.22. The van der Waals surface area contributed by atoms with Gasteiger partial charge in [-0.2, -0.15) is 0 Å². The third-order valence-corrected chi connectivity index (χ3v) is 5.03. The summed E-state index contributed by atoms with van der Waals surface area (Å²) in [6.07, 6.45) is 0. The van der Waals surface area contributed by atoms with Crippen LogP contribution in [0.1, 0.15) is 25.2 Å². The summed E-state index contributed by atoms with van der Waals surface area (Å²) in [5.41, 5.74) is 0.876. The predicted octanol–water partition coefficient (Wildman–Crippen LogP) is 3.16. The number of fused-ring (bicyclic) bond motifs is 1. The monoisotopic (exact) mass is 366 g/mol. The fourth-order valence-corrected chi connectivity index (χ4v) is 3.58. The Morgan fingerprint density at radius 3 is 2.59 bits per heavy atom. The molecule has 0 aliphatic carbocycles. The van der Waals surface area contributed by atoms with Crippen LogP contribution in [0.3, 0.4) is 0 Å². The highest BCUT2D eigenvalue weighted by molar-refractivity contribution is 6.07. The summed E-state index contributed by atoms with van der Waals surface area (Å²) in [6.45, 7) is 4.25. The molecule has 27 heavy (non-hydrogen) atoms. The number of imide groups is 1. The third-order valence-electron chi connectivity index (χ3n) is 5.03. The topological polar surface area (TPSA) is 67.2 Å². The Morgan fingerprint density at radius 2 is 1.89 bits per heavy atom. The first-order valence-corrected chi connectivity index (χ1v) is 8.78. The van der Waals surface area contributed by atoms with Crippen molar-refractivity contribution in [1.82, 2.24) is 19.8 Å². The van der Waals surface area contributed by atoms with Crippen molar-refractivity contribution in [2.45, 2.75) is 32.5 Å². The van der Waals surface area contributed by atoms with Gasteiger partial charge in [-0.1, -0.05) is 30.3 Å². The summed E-state index contributed by atoms with van der Waals surface area (Å²) in [5, 5.41) is 2.79. The Kier molecular flexibility index (Phi) is 3.95. The second-order valence-electron chi connectivity index (χ2n) is 6.72. The standard InChI is InChI=1S/C20H19FN4O2/c1-3-24-16-10-9-14(21)11-15(16)22-17(24)12-25-18(26)20(2,23-19(25)27)13-7-5-4-6-8-13/h4-11H,3,12H2,1-2H3,(H,23,27). The number of amides is 3. The van der Waals surface area contributed by atoms with Crippen LogP contribution in [0, 0.1) is 5.82 Å². The minimum atomic E-state index is -1.12. The summed E-state index contributed by atoms with van der Waals surface area (Å²) in [7, 11) is 0. The van der Waals surface area contributed by atoms with Crippen LogP contribution in [0.4, 0.5) is 9.18 Å². The summed E-state index contributed by atoms with van der Waals surface area (Å²) >= 11 is 0. The fraction of sp³-hybridized carbons (Fsp3) is 0.250. The molecule has 6 nitrogen and oxygen atoms in total. The Morgan fingerprint density at radius 1 is 1.15 bits per heavy atom. The van der Waals surface area contributed by atoms with Gasteiger partial charge in [0.25, 0.3) is 5.91 Å². The van der Waals surface area contributed by atoms with Gasteiger partial charge in [-0.15, -0.1) is 0 Å². The van der Waals surface area contributed by atoms with Crippen LogP contribution >= 0.6 is 0 Å². The summed E-state index contributed by atoms with van der Waals surface area (Å²) in [6, 6.07) is 13.1. The maximum atomic E-state index is 13.5. The molecule has 1 unspecified atom stereocenters. The second-order valence-corrected chi connectivity index (χ2v) is 6.72. The Hall–Kier alpha value is -3.22. The molecular formula is C20H19FN4O2. The van der Waals surface area contributed by atoms with Gasteiger partial charge >= 0.3 is 6.03 Å². The van der Waals surface area contributed by atoms with Gasteiger partial charge in [0.1, 0.15) is 17.2 Å². The van der Waals surface area contributed by atoms with E-state index in [1.165, 1.54) is 12.1 Å². The molecule has 138 valence electrons. The molecule has 1 aromatic heterocycles. The predicted molar refractivity (Wildman–Crippen MR) is 98.2 cm³/mol. The largest absolute Gasteiger partial charge is 0.327 e. The van der Waals surface area contributed by atoms with Crippen molar-refractivity contribution in [2.24, 2.45) is 0 Å². The minimum absolute atomic E-state index is 0.0250. The van der Waals surface area contributed by atoms with Crippen LogP contribution < -0.4 is 5.32 Å². The first-order valence-electron chi connectivity index (χ1n) is 8.78. The van der Waals surface area contributed by atoms with Crippen molar-refractivity contribution < 1.29 is 14.0 Å². The van der Waals surface area contributed by atoms with Gasteiger partial charge in [0, 0.05) is 12.6 Å². The molecule has 0 spiro atoms. The number of rotatable bonds is 4. The number of carbonyl (C=O) groups is 2. The Labute approximate surface area is 155 Å². The molecule has 3 aromatic rings. The number of urea groups is 1. The minimum Gasteiger partial charge on any atom is -0.327 e. The average molecular weight is 366 g/mol. The van der Waals surface area contributed by atoms with Crippen molar-refractivity contribution in [3.05, 3.63) is 65.7 Å². The van der Waals surface area contributed by atoms with E-state index in [-0.39, 0.29) is 18.3 Å². The zero-order valence-electron chi connectivity index (χ0n) is 15.1. The molecule has 0 radical (unpaired) electrons. The van der Waals surface area contributed by atoms with Crippen molar-refractivity contribution in [3.63, 3.8) is 0 Å². The number of nitrogens with one attached hydrogen (secondary N) is 1. The molecule has 1 fully saturated rings. The number of nitrogens with zero attached hydrogens (tertiary/aromatic N) is 3. The highest BCUT2D eigenvalue weighted by atomic mass is 19.1. The van der Waals surface area contributed by atoms with Crippen molar-refractivity contribution >= 4 is 23.0 Å². The van der Waals surface area contributed by atoms with Crippen LogP contribution in [0.25, 0.3) is 11.0 Å². The number of aryl methyl sites for hydroxylation is 1. The maximum Gasteiger partial charge on any atom is 0.325 e. The highest BCUT2D eigenvalue weighted by Crippen LogP contribution is 2.30. The number of imidazole rings is 1. The van der Waals surface area contributed by atoms with E-state index in [0.717, 1.165) is 16.0 Å². The van der Waals surface area contributed by atoms with Gasteiger partial charge in [0.2, 0.25) is 0 Å². The van der Waals surface area contributed by atoms with Crippen LogP contribution in [0.5, 0.6) is 0 Å². The van der Waals surface area contributed by atoms with Crippen LogP contribution in [-0.4, -0.2) is 26.4 Å². The first-order chi connectivity index (χ1) is 12.9. The Balaban J connectivity index is 1.70.